The fraction of sp³-hybridized carbons (Fsp3) is 0.600. The average molecular weight is 461 g/mol. The number of hydrogen-bond acceptors (Lipinski definition) is 5. The number of benzene rings is 1. The molecular formula is C20H23F4N3O3S. The van der Waals surface area contributed by atoms with E-state index in [-0.39, 0.29) is 17.2 Å². The summed E-state index contributed by atoms with van der Waals surface area (Å²) in [7, 11) is -3.84. The van der Waals surface area contributed by atoms with Crippen molar-refractivity contribution in [2.45, 2.75) is 55.9 Å². The van der Waals surface area contributed by atoms with Crippen LogP contribution in [-0.2, 0) is 14.6 Å². The number of alkyl halides is 3. The number of carbonyl (C=O) groups is 1. The quantitative estimate of drug-likeness (QED) is 0.551. The first-order chi connectivity index (χ1) is 14.4. The summed E-state index contributed by atoms with van der Waals surface area (Å²) in [5, 5.41) is 13.7. The summed E-state index contributed by atoms with van der Waals surface area (Å²) < 4.78 is 79.7. The number of halogens is 4. The molecule has 2 atom stereocenters. The predicted molar refractivity (Wildman–Crippen MR) is 104 cm³/mol. The van der Waals surface area contributed by atoms with Gasteiger partial charge in [0.25, 0.3) is 0 Å². The van der Waals surface area contributed by atoms with Crippen molar-refractivity contribution in [2.75, 3.05) is 11.5 Å². The number of hydrogen-bond donors (Lipinski definition) is 2. The summed E-state index contributed by atoms with van der Waals surface area (Å²) in [5.41, 5.74) is -1.53. The van der Waals surface area contributed by atoms with E-state index in [1.807, 2.05) is 6.07 Å². The highest BCUT2D eigenvalue weighted by Crippen LogP contribution is 2.36. The van der Waals surface area contributed by atoms with E-state index in [0.29, 0.717) is 12.8 Å². The fourth-order valence-corrected chi connectivity index (χ4v) is 5.43. The standard InChI is InChI=1S/C20H23F4N3O3S/c21-15-6-4-14(5-7-15)17(20(22,23)24)26-16(18(28)27-19(12-25)8-9-19)11-31(29,30)10-13-2-1-3-13/h4-7,13,16-17,26H,1-3,8-11H2,(H,27,28)/t16-,17-/m0/s1. The van der Waals surface area contributed by atoms with Crippen molar-refractivity contribution in [3.05, 3.63) is 35.6 Å². The van der Waals surface area contributed by atoms with Crippen LogP contribution in [0.4, 0.5) is 17.6 Å². The Bertz CT molecular complexity index is 949. The molecule has 0 unspecified atom stereocenters. The molecule has 2 fully saturated rings. The highest BCUT2D eigenvalue weighted by atomic mass is 32.2. The van der Waals surface area contributed by atoms with Gasteiger partial charge in [0, 0.05) is 0 Å². The lowest BCUT2D eigenvalue weighted by molar-refractivity contribution is -0.160. The van der Waals surface area contributed by atoms with E-state index in [1.165, 1.54) is 0 Å². The van der Waals surface area contributed by atoms with Crippen LogP contribution in [0.2, 0.25) is 0 Å². The van der Waals surface area contributed by atoms with Crippen molar-refractivity contribution < 1.29 is 30.8 Å². The summed E-state index contributed by atoms with van der Waals surface area (Å²) in [4.78, 5) is 12.7. The Hall–Kier alpha value is -2.19. The molecule has 1 aromatic carbocycles. The minimum absolute atomic E-state index is 0.0573. The molecule has 31 heavy (non-hydrogen) atoms. The highest BCUT2D eigenvalue weighted by molar-refractivity contribution is 7.91. The van der Waals surface area contributed by atoms with Crippen LogP contribution in [-0.4, -0.2) is 43.6 Å². The molecule has 0 heterocycles. The highest BCUT2D eigenvalue weighted by Gasteiger charge is 2.48. The molecule has 2 N–H and O–H groups in total. The van der Waals surface area contributed by atoms with Crippen LogP contribution < -0.4 is 10.6 Å². The molecule has 2 aliphatic carbocycles. The van der Waals surface area contributed by atoms with E-state index in [1.54, 1.807) is 0 Å². The first kappa shape index (κ1) is 23.5. The van der Waals surface area contributed by atoms with Crippen LogP contribution in [0.1, 0.15) is 43.7 Å². The normalized spacial score (nSPS) is 20.2. The minimum atomic E-state index is -4.87. The number of rotatable bonds is 9. The van der Waals surface area contributed by atoms with E-state index < -0.39 is 51.1 Å². The smallest absolute Gasteiger partial charge is 0.336 e. The van der Waals surface area contributed by atoms with Gasteiger partial charge in [-0.05, 0) is 49.3 Å². The third kappa shape index (κ3) is 6.17. The van der Waals surface area contributed by atoms with Gasteiger partial charge in [-0.1, -0.05) is 18.6 Å². The predicted octanol–water partition coefficient (Wildman–Crippen LogP) is 2.77. The summed E-state index contributed by atoms with van der Waals surface area (Å²) in [6.07, 6.45) is -1.84. The lowest BCUT2D eigenvalue weighted by Gasteiger charge is -2.29. The zero-order valence-electron chi connectivity index (χ0n) is 16.6. The third-order valence-corrected chi connectivity index (χ3v) is 7.50. The first-order valence-corrected chi connectivity index (χ1v) is 11.8. The van der Waals surface area contributed by atoms with Gasteiger partial charge < -0.3 is 5.32 Å². The summed E-state index contributed by atoms with van der Waals surface area (Å²) in [6, 6.07) is 1.34. The van der Waals surface area contributed by atoms with Crippen molar-refractivity contribution >= 4 is 15.7 Å². The van der Waals surface area contributed by atoms with Crippen molar-refractivity contribution in [3.63, 3.8) is 0 Å². The molecule has 0 saturated heterocycles. The van der Waals surface area contributed by atoms with Crippen LogP contribution in [0, 0.1) is 23.1 Å². The van der Waals surface area contributed by atoms with Gasteiger partial charge in [0.15, 0.2) is 9.84 Å². The second-order valence-corrected chi connectivity index (χ2v) is 10.5. The topological polar surface area (TPSA) is 99.1 Å². The van der Waals surface area contributed by atoms with Gasteiger partial charge in [-0.25, -0.2) is 12.8 Å². The molecule has 0 aliphatic heterocycles. The van der Waals surface area contributed by atoms with Crippen molar-refractivity contribution in [1.82, 2.24) is 10.6 Å². The molecule has 0 spiro atoms. The van der Waals surface area contributed by atoms with E-state index in [4.69, 9.17) is 0 Å². The molecule has 2 aliphatic rings. The lowest BCUT2D eigenvalue weighted by Crippen LogP contribution is -2.54. The molecule has 1 aromatic rings. The Morgan fingerprint density at radius 2 is 1.84 bits per heavy atom. The van der Waals surface area contributed by atoms with Gasteiger partial charge in [0.05, 0.1) is 17.6 Å². The van der Waals surface area contributed by atoms with Gasteiger partial charge in [-0.2, -0.15) is 18.4 Å². The largest absolute Gasteiger partial charge is 0.407 e. The molecule has 0 bridgehead atoms. The Labute approximate surface area is 177 Å². The van der Waals surface area contributed by atoms with Crippen LogP contribution in [0.25, 0.3) is 0 Å². The Morgan fingerprint density at radius 3 is 2.29 bits per heavy atom. The lowest BCUT2D eigenvalue weighted by atomic mass is 9.87. The molecule has 0 radical (unpaired) electrons. The molecule has 0 aromatic heterocycles. The molecule has 170 valence electrons. The zero-order chi connectivity index (χ0) is 22.9. The summed E-state index contributed by atoms with van der Waals surface area (Å²) in [6.45, 7) is 0. The third-order valence-electron chi connectivity index (χ3n) is 5.68. The maximum Gasteiger partial charge on any atom is 0.407 e. The number of carbonyl (C=O) groups excluding carboxylic acids is 1. The van der Waals surface area contributed by atoms with Gasteiger partial charge in [-0.15, -0.1) is 0 Å². The Kier molecular flexibility index (Phi) is 6.62. The molecule has 2 saturated carbocycles. The number of nitriles is 1. The number of nitrogens with zero attached hydrogens (tertiary/aromatic N) is 1. The van der Waals surface area contributed by atoms with Gasteiger partial charge >= 0.3 is 6.18 Å². The monoisotopic (exact) mass is 461 g/mol. The number of amides is 1. The van der Waals surface area contributed by atoms with Crippen molar-refractivity contribution in [1.29, 1.82) is 5.26 Å². The van der Waals surface area contributed by atoms with Crippen LogP contribution >= 0.6 is 0 Å². The van der Waals surface area contributed by atoms with Crippen LogP contribution in [0.15, 0.2) is 24.3 Å². The van der Waals surface area contributed by atoms with E-state index >= 15 is 0 Å². The van der Waals surface area contributed by atoms with E-state index in [2.05, 4.69) is 10.6 Å². The summed E-state index contributed by atoms with van der Waals surface area (Å²) >= 11 is 0. The fourth-order valence-electron chi connectivity index (χ4n) is 3.49. The molecule has 3 rings (SSSR count). The van der Waals surface area contributed by atoms with E-state index in [9.17, 15) is 36.0 Å². The maximum atomic E-state index is 13.8. The zero-order valence-corrected chi connectivity index (χ0v) is 17.4. The number of nitrogens with one attached hydrogen (secondary N) is 2. The van der Waals surface area contributed by atoms with Gasteiger partial charge in [0.1, 0.15) is 23.4 Å². The molecule has 11 heteroatoms. The van der Waals surface area contributed by atoms with Crippen molar-refractivity contribution in [2.24, 2.45) is 5.92 Å². The average Bonchev–Trinajstić information content (AvgIpc) is 3.42. The summed E-state index contributed by atoms with van der Waals surface area (Å²) in [5.74, 6) is -2.79. The number of sulfone groups is 1. The first-order valence-electron chi connectivity index (χ1n) is 9.95. The van der Waals surface area contributed by atoms with Crippen molar-refractivity contribution in [3.8, 4) is 6.07 Å². The van der Waals surface area contributed by atoms with E-state index in [0.717, 1.165) is 43.5 Å². The second kappa shape index (κ2) is 8.74. The molecule has 6 nitrogen and oxygen atoms in total. The SMILES string of the molecule is N#CC1(NC(=O)[C@H](CS(=O)(=O)CC2CCC2)N[C@@H](c2ccc(F)cc2)C(F)(F)F)CC1. The van der Waals surface area contributed by atoms with Gasteiger partial charge in [-0.3, -0.25) is 10.1 Å². The minimum Gasteiger partial charge on any atom is -0.336 e. The Morgan fingerprint density at radius 1 is 1.23 bits per heavy atom. The second-order valence-electron chi connectivity index (χ2n) is 8.30. The molecule has 1 amide bonds. The Balaban J connectivity index is 1.84. The maximum absolute atomic E-state index is 13.8. The van der Waals surface area contributed by atoms with Gasteiger partial charge in [0.2, 0.25) is 5.91 Å². The van der Waals surface area contributed by atoms with Crippen LogP contribution in [0.5, 0.6) is 0 Å². The van der Waals surface area contributed by atoms with Crippen LogP contribution in [0.3, 0.4) is 0 Å². The molecular weight excluding hydrogens is 438 g/mol.